The second kappa shape index (κ2) is 6.91. The van der Waals surface area contributed by atoms with E-state index in [9.17, 15) is 4.79 Å². The number of nitrogens with zero attached hydrogens (tertiary/aromatic N) is 1. The van der Waals surface area contributed by atoms with Gasteiger partial charge < -0.3 is 16.0 Å². The number of urea groups is 1. The second-order valence-electron chi connectivity index (χ2n) is 4.15. The third-order valence-corrected chi connectivity index (χ3v) is 3.06. The average Bonchev–Trinajstić information content (AvgIpc) is 2.46. The van der Waals surface area contributed by atoms with Crippen LogP contribution in [0.1, 0.15) is 5.56 Å². The summed E-state index contributed by atoms with van der Waals surface area (Å²) in [6.07, 6.45) is 3.57. The highest BCUT2D eigenvalue weighted by Crippen LogP contribution is 2.15. The molecule has 0 saturated carbocycles. The number of carbonyl (C=O) groups is 1. The first-order valence-electron chi connectivity index (χ1n) is 6.09. The summed E-state index contributed by atoms with van der Waals surface area (Å²) >= 11 is 3.39. The van der Waals surface area contributed by atoms with Crippen LogP contribution in [0.3, 0.4) is 0 Å². The molecule has 3 N–H and O–H groups in total. The minimum absolute atomic E-state index is 0.231. The second-order valence-corrected chi connectivity index (χ2v) is 5.06. The molecule has 1 aromatic heterocycles. The molecule has 0 bridgehead atoms. The van der Waals surface area contributed by atoms with Crippen molar-refractivity contribution in [2.75, 3.05) is 17.7 Å². The van der Waals surface area contributed by atoms with E-state index in [-0.39, 0.29) is 6.03 Å². The lowest BCUT2D eigenvalue weighted by molar-refractivity contribution is 0.254. The number of nitrogens with one attached hydrogen (secondary N) is 3. The van der Waals surface area contributed by atoms with Gasteiger partial charge in [0.25, 0.3) is 0 Å². The Morgan fingerprint density at radius 1 is 1.20 bits per heavy atom. The minimum atomic E-state index is -0.231. The Kier molecular flexibility index (Phi) is 4.95. The molecule has 1 aromatic carbocycles. The molecule has 0 aliphatic rings. The molecule has 2 rings (SSSR count). The molecule has 5 nitrogen and oxygen atoms in total. The summed E-state index contributed by atoms with van der Waals surface area (Å²) in [6.45, 7) is 0.689. The molecule has 20 heavy (non-hydrogen) atoms. The van der Waals surface area contributed by atoms with Crippen LogP contribution in [0.25, 0.3) is 0 Å². The molecule has 6 heteroatoms. The topological polar surface area (TPSA) is 66.1 Å². The van der Waals surface area contributed by atoms with Gasteiger partial charge in [0, 0.05) is 41.8 Å². The van der Waals surface area contributed by atoms with Crippen molar-refractivity contribution >= 4 is 33.3 Å². The van der Waals surface area contributed by atoms with Gasteiger partial charge >= 0.3 is 6.03 Å². The summed E-state index contributed by atoms with van der Waals surface area (Å²) in [4.78, 5) is 15.3. The molecule has 0 fully saturated rings. The first kappa shape index (κ1) is 14.3. The summed E-state index contributed by atoms with van der Waals surface area (Å²) in [5.74, 6) is 0. The van der Waals surface area contributed by atoms with Crippen LogP contribution in [-0.4, -0.2) is 18.1 Å². The zero-order chi connectivity index (χ0) is 14.4. The summed E-state index contributed by atoms with van der Waals surface area (Å²) in [5, 5.41) is 8.50. The third-order valence-electron chi connectivity index (χ3n) is 2.63. The van der Waals surface area contributed by atoms with Crippen molar-refractivity contribution in [3.05, 3.63) is 52.8 Å². The largest absolute Gasteiger partial charge is 0.381 e. The number of hydrogen-bond acceptors (Lipinski definition) is 3. The van der Waals surface area contributed by atoms with Crippen LogP contribution < -0.4 is 16.0 Å². The molecule has 0 aliphatic carbocycles. The SMILES string of the molecule is CNC(=O)Nc1ccc(NCc2cncc(Br)c2)cc1. The lowest BCUT2D eigenvalue weighted by Crippen LogP contribution is -2.24. The fourth-order valence-electron chi connectivity index (χ4n) is 1.62. The van der Waals surface area contributed by atoms with E-state index in [4.69, 9.17) is 0 Å². The van der Waals surface area contributed by atoms with Crippen LogP contribution in [0, 0.1) is 0 Å². The number of rotatable bonds is 4. The number of carbonyl (C=O) groups excluding carboxylic acids is 1. The first-order valence-corrected chi connectivity index (χ1v) is 6.89. The molecule has 1 heterocycles. The van der Waals surface area contributed by atoms with Crippen molar-refractivity contribution in [2.45, 2.75) is 6.54 Å². The van der Waals surface area contributed by atoms with E-state index in [0.717, 1.165) is 21.4 Å². The van der Waals surface area contributed by atoms with Crippen LogP contribution in [-0.2, 0) is 6.54 Å². The van der Waals surface area contributed by atoms with Crippen molar-refractivity contribution in [1.29, 1.82) is 0 Å². The smallest absolute Gasteiger partial charge is 0.318 e. The summed E-state index contributed by atoms with van der Waals surface area (Å²) in [7, 11) is 1.58. The van der Waals surface area contributed by atoms with Crippen LogP contribution in [0.15, 0.2) is 47.2 Å². The standard InChI is InChI=1S/C14H15BrN4O/c1-16-14(20)19-13-4-2-12(3-5-13)18-8-10-6-11(15)9-17-7-10/h2-7,9,18H,8H2,1H3,(H2,16,19,20). The molecular weight excluding hydrogens is 320 g/mol. The van der Waals surface area contributed by atoms with Crippen LogP contribution in [0.2, 0.25) is 0 Å². The van der Waals surface area contributed by atoms with Crippen molar-refractivity contribution in [3.63, 3.8) is 0 Å². The van der Waals surface area contributed by atoms with E-state index in [1.807, 2.05) is 36.5 Å². The van der Waals surface area contributed by atoms with Gasteiger partial charge in [-0.3, -0.25) is 4.98 Å². The molecule has 0 saturated heterocycles. The Labute approximate surface area is 125 Å². The predicted octanol–water partition coefficient (Wildman–Crippen LogP) is 3.21. The van der Waals surface area contributed by atoms with E-state index in [0.29, 0.717) is 6.54 Å². The Morgan fingerprint density at radius 3 is 2.55 bits per heavy atom. The maximum atomic E-state index is 11.2. The Morgan fingerprint density at radius 2 is 1.90 bits per heavy atom. The van der Waals surface area contributed by atoms with Gasteiger partial charge in [0.15, 0.2) is 0 Å². The minimum Gasteiger partial charge on any atom is -0.381 e. The quantitative estimate of drug-likeness (QED) is 0.804. The molecule has 104 valence electrons. The van der Waals surface area contributed by atoms with E-state index in [1.54, 1.807) is 13.2 Å². The molecule has 0 aliphatic heterocycles. The zero-order valence-electron chi connectivity index (χ0n) is 11.0. The highest BCUT2D eigenvalue weighted by Gasteiger charge is 1.99. The Hall–Kier alpha value is -2.08. The van der Waals surface area contributed by atoms with Crippen molar-refractivity contribution < 1.29 is 4.79 Å². The molecule has 2 aromatic rings. The van der Waals surface area contributed by atoms with E-state index >= 15 is 0 Å². The Bertz CT molecular complexity index is 586. The molecule has 0 spiro atoms. The molecule has 0 atom stereocenters. The molecule has 2 amide bonds. The van der Waals surface area contributed by atoms with Gasteiger partial charge in [-0.2, -0.15) is 0 Å². The molecule has 0 unspecified atom stereocenters. The van der Waals surface area contributed by atoms with E-state index < -0.39 is 0 Å². The summed E-state index contributed by atoms with van der Waals surface area (Å²) < 4.78 is 0.960. The number of hydrogen-bond donors (Lipinski definition) is 3. The number of anilines is 2. The number of benzene rings is 1. The number of halogens is 1. The third kappa shape index (κ3) is 4.24. The van der Waals surface area contributed by atoms with E-state index in [2.05, 4.69) is 36.9 Å². The van der Waals surface area contributed by atoms with Crippen molar-refractivity contribution in [2.24, 2.45) is 0 Å². The van der Waals surface area contributed by atoms with Gasteiger partial charge in [0.05, 0.1) is 0 Å². The van der Waals surface area contributed by atoms with E-state index in [1.165, 1.54) is 0 Å². The van der Waals surface area contributed by atoms with Crippen LogP contribution in [0.4, 0.5) is 16.2 Å². The fourth-order valence-corrected chi connectivity index (χ4v) is 2.03. The number of amides is 2. The van der Waals surface area contributed by atoms with Gasteiger partial charge in [0.1, 0.15) is 0 Å². The summed E-state index contributed by atoms with van der Waals surface area (Å²) in [6, 6.07) is 9.30. The van der Waals surface area contributed by atoms with Gasteiger partial charge in [-0.15, -0.1) is 0 Å². The number of aromatic nitrogens is 1. The number of pyridine rings is 1. The van der Waals surface area contributed by atoms with Gasteiger partial charge in [0.2, 0.25) is 0 Å². The van der Waals surface area contributed by atoms with Crippen LogP contribution >= 0.6 is 15.9 Å². The zero-order valence-corrected chi connectivity index (χ0v) is 12.6. The average molecular weight is 335 g/mol. The fraction of sp³-hybridized carbons (Fsp3) is 0.143. The first-order chi connectivity index (χ1) is 9.67. The maximum absolute atomic E-state index is 11.2. The highest BCUT2D eigenvalue weighted by molar-refractivity contribution is 9.10. The Balaban J connectivity index is 1.92. The molecular formula is C14H15BrN4O. The normalized spacial score (nSPS) is 9.90. The van der Waals surface area contributed by atoms with Crippen molar-refractivity contribution in [1.82, 2.24) is 10.3 Å². The highest BCUT2D eigenvalue weighted by atomic mass is 79.9. The monoisotopic (exact) mass is 334 g/mol. The van der Waals surface area contributed by atoms with Crippen LogP contribution in [0.5, 0.6) is 0 Å². The van der Waals surface area contributed by atoms with Gasteiger partial charge in [-0.05, 0) is 51.8 Å². The maximum Gasteiger partial charge on any atom is 0.318 e. The predicted molar refractivity (Wildman–Crippen MR) is 83.8 cm³/mol. The van der Waals surface area contributed by atoms with Crippen molar-refractivity contribution in [3.8, 4) is 0 Å². The summed E-state index contributed by atoms with van der Waals surface area (Å²) in [5.41, 5.74) is 2.82. The lowest BCUT2D eigenvalue weighted by atomic mass is 10.2. The molecule has 0 radical (unpaired) electrons. The van der Waals surface area contributed by atoms with Gasteiger partial charge in [-0.25, -0.2) is 4.79 Å². The lowest BCUT2D eigenvalue weighted by Gasteiger charge is -2.08. The van der Waals surface area contributed by atoms with Gasteiger partial charge in [-0.1, -0.05) is 0 Å².